The summed E-state index contributed by atoms with van der Waals surface area (Å²) in [5, 5.41) is 9.11. The SMILES string of the molecule is NC1(C(=O)N2CCc3ccc(C(=O)O)cc32)CCCCC1. The van der Waals surface area contributed by atoms with Gasteiger partial charge in [0.25, 0.3) is 0 Å². The Morgan fingerprint density at radius 3 is 2.57 bits per heavy atom. The lowest BCUT2D eigenvalue weighted by molar-refractivity contribution is -0.124. The van der Waals surface area contributed by atoms with E-state index in [1.807, 2.05) is 0 Å². The van der Waals surface area contributed by atoms with E-state index in [0.717, 1.165) is 49.8 Å². The van der Waals surface area contributed by atoms with Crippen LogP contribution in [0, 0.1) is 0 Å². The van der Waals surface area contributed by atoms with Gasteiger partial charge in [0.15, 0.2) is 0 Å². The first-order valence-corrected chi connectivity index (χ1v) is 7.48. The Morgan fingerprint density at radius 2 is 1.90 bits per heavy atom. The Balaban J connectivity index is 1.91. The summed E-state index contributed by atoms with van der Waals surface area (Å²) in [7, 11) is 0. The number of amides is 1. The number of carbonyl (C=O) groups is 2. The summed E-state index contributed by atoms with van der Waals surface area (Å²) in [5.41, 5.74) is 7.50. The minimum absolute atomic E-state index is 0.0523. The summed E-state index contributed by atoms with van der Waals surface area (Å²) in [4.78, 5) is 25.6. The van der Waals surface area contributed by atoms with Crippen molar-refractivity contribution in [2.45, 2.75) is 44.1 Å². The number of aromatic carboxylic acids is 1. The highest BCUT2D eigenvalue weighted by Gasteiger charge is 2.40. The molecule has 3 N–H and O–H groups in total. The van der Waals surface area contributed by atoms with Crippen molar-refractivity contribution in [3.63, 3.8) is 0 Å². The van der Waals surface area contributed by atoms with Crippen molar-refractivity contribution >= 4 is 17.6 Å². The average molecular weight is 288 g/mol. The lowest BCUT2D eigenvalue weighted by Gasteiger charge is -2.35. The molecule has 0 atom stereocenters. The second kappa shape index (κ2) is 5.15. The standard InChI is InChI=1S/C16H20N2O3/c17-16(7-2-1-3-8-16)15(21)18-9-6-11-4-5-12(14(19)20)10-13(11)18/h4-5,10H,1-3,6-9,17H2,(H,19,20). The van der Waals surface area contributed by atoms with Crippen molar-refractivity contribution in [3.05, 3.63) is 29.3 Å². The van der Waals surface area contributed by atoms with Crippen LogP contribution >= 0.6 is 0 Å². The molecule has 1 aromatic rings. The van der Waals surface area contributed by atoms with Gasteiger partial charge in [0, 0.05) is 12.2 Å². The molecule has 3 rings (SSSR count). The van der Waals surface area contributed by atoms with Gasteiger partial charge in [-0.2, -0.15) is 0 Å². The monoisotopic (exact) mass is 288 g/mol. The highest BCUT2D eigenvalue weighted by molar-refractivity contribution is 6.02. The number of nitrogens with two attached hydrogens (primary N) is 1. The average Bonchev–Trinajstić information content (AvgIpc) is 2.90. The number of hydrogen-bond acceptors (Lipinski definition) is 3. The fourth-order valence-electron chi connectivity index (χ4n) is 3.39. The zero-order valence-electron chi connectivity index (χ0n) is 12.0. The molecule has 1 aromatic carbocycles. The Kier molecular flexibility index (Phi) is 3.45. The van der Waals surface area contributed by atoms with E-state index in [2.05, 4.69) is 0 Å². The molecule has 1 saturated carbocycles. The Bertz CT molecular complexity index is 591. The lowest BCUT2D eigenvalue weighted by atomic mass is 9.81. The van der Waals surface area contributed by atoms with E-state index in [9.17, 15) is 9.59 Å². The van der Waals surface area contributed by atoms with Crippen LogP contribution in [0.1, 0.15) is 48.0 Å². The van der Waals surface area contributed by atoms with Crippen LogP contribution in [-0.4, -0.2) is 29.1 Å². The minimum atomic E-state index is -0.975. The molecule has 0 radical (unpaired) electrons. The van der Waals surface area contributed by atoms with Gasteiger partial charge in [-0.1, -0.05) is 25.3 Å². The van der Waals surface area contributed by atoms with E-state index in [-0.39, 0.29) is 11.5 Å². The topological polar surface area (TPSA) is 83.6 Å². The molecule has 0 unspecified atom stereocenters. The molecule has 2 aliphatic rings. The molecule has 21 heavy (non-hydrogen) atoms. The van der Waals surface area contributed by atoms with Gasteiger partial charge in [0.2, 0.25) is 5.91 Å². The largest absolute Gasteiger partial charge is 0.478 e. The van der Waals surface area contributed by atoms with E-state index >= 15 is 0 Å². The third-order valence-corrected chi connectivity index (χ3v) is 4.64. The van der Waals surface area contributed by atoms with Gasteiger partial charge in [-0.3, -0.25) is 4.79 Å². The summed E-state index contributed by atoms with van der Waals surface area (Å²) in [5.74, 6) is -1.03. The molecular weight excluding hydrogens is 268 g/mol. The molecule has 0 saturated heterocycles. The van der Waals surface area contributed by atoms with Gasteiger partial charge in [-0.15, -0.1) is 0 Å². The fourth-order valence-corrected chi connectivity index (χ4v) is 3.39. The number of anilines is 1. The van der Waals surface area contributed by atoms with Crippen LogP contribution in [0.25, 0.3) is 0 Å². The van der Waals surface area contributed by atoms with Crippen molar-refractivity contribution in [1.29, 1.82) is 0 Å². The summed E-state index contributed by atoms with van der Waals surface area (Å²) in [6, 6.07) is 4.98. The molecule has 112 valence electrons. The van der Waals surface area contributed by atoms with E-state index in [0.29, 0.717) is 6.54 Å². The van der Waals surface area contributed by atoms with Crippen LogP contribution in [0.4, 0.5) is 5.69 Å². The van der Waals surface area contributed by atoms with Crippen LogP contribution in [0.5, 0.6) is 0 Å². The zero-order chi connectivity index (χ0) is 15.0. The van der Waals surface area contributed by atoms with Crippen LogP contribution in [0.15, 0.2) is 18.2 Å². The number of benzene rings is 1. The van der Waals surface area contributed by atoms with E-state index < -0.39 is 11.5 Å². The molecule has 1 aliphatic carbocycles. The number of carboxylic acids is 1. The number of carboxylic acid groups (broad SMARTS) is 1. The van der Waals surface area contributed by atoms with Crippen molar-refractivity contribution in [3.8, 4) is 0 Å². The first kappa shape index (κ1) is 14.1. The van der Waals surface area contributed by atoms with Crippen LogP contribution in [-0.2, 0) is 11.2 Å². The number of carbonyl (C=O) groups excluding carboxylic acids is 1. The van der Waals surface area contributed by atoms with Crippen molar-refractivity contribution in [2.75, 3.05) is 11.4 Å². The molecule has 1 heterocycles. The molecule has 1 fully saturated rings. The van der Waals surface area contributed by atoms with E-state index in [1.165, 1.54) is 0 Å². The van der Waals surface area contributed by atoms with Crippen LogP contribution < -0.4 is 10.6 Å². The predicted molar refractivity (Wildman–Crippen MR) is 79.5 cm³/mol. The normalized spacial score (nSPS) is 20.1. The minimum Gasteiger partial charge on any atom is -0.478 e. The van der Waals surface area contributed by atoms with Crippen molar-refractivity contribution in [1.82, 2.24) is 0 Å². The summed E-state index contributed by atoms with van der Waals surface area (Å²) in [6.45, 7) is 0.593. The molecule has 1 amide bonds. The number of fused-ring (bicyclic) bond motifs is 1. The zero-order valence-corrected chi connectivity index (χ0v) is 12.0. The highest BCUT2D eigenvalue weighted by atomic mass is 16.4. The lowest BCUT2D eigenvalue weighted by Crippen LogP contribution is -2.56. The van der Waals surface area contributed by atoms with Crippen LogP contribution in [0.3, 0.4) is 0 Å². The summed E-state index contributed by atoms with van der Waals surface area (Å²) < 4.78 is 0. The van der Waals surface area contributed by atoms with Crippen molar-refractivity contribution in [2.24, 2.45) is 5.73 Å². The van der Waals surface area contributed by atoms with Crippen molar-refractivity contribution < 1.29 is 14.7 Å². The maximum atomic E-state index is 12.8. The summed E-state index contributed by atoms with van der Waals surface area (Å²) in [6.07, 6.45) is 5.30. The number of hydrogen-bond donors (Lipinski definition) is 2. The van der Waals surface area contributed by atoms with Gasteiger partial charge < -0.3 is 15.7 Å². The third-order valence-electron chi connectivity index (χ3n) is 4.64. The quantitative estimate of drug-likeness (QED) is 0.871. The number of nitrogens with zero attached hydrogens (tertiary/aromatic N) is 1. The van der Waals surface area contributed by atoms with Gasteiger partial charge in [-0.25, -0.2) is 4.79 Å². The first-order valence-electron chi connectivity index (χ1n) is 7.48. The third kappa shape index (κ3) is 2.42. The molecule has 5 nitrogen and oxygen atoms in total. The number of rotatable bonds is 2. The van der Waals surface area contributed by atoms with E-state index in [1.54, 1.807) is 23.1 Å². The smallest absolute Gasteiger partial charge is 0.335 e. The fraction of sp³-hybridized carbons (Fsp3) is 0.500. The molecule has 0 bridgehead atoms. The van der Waals surface area contributed by atoms with Gasteiger partial charge >= 0.3 is 5.97 Å². The molecule has 5 heteroatoms. The van der Waals surface area contributed by atoms with E-state index in [4.69, 9.17) is 10.8 Å². The predicted octanol–water partition coefficient (Wildman–Crippen LogP) is 1.94. The maximum absolute atomic E-state index is 12.8. The van der Waals surface area contributed by atoms with Gasteiger partial charge in [-0.05, 0) is 37.0 Å². The Labute approximate surface area is 123 Å². The Morgan fingerprint density at radius 1 is 1.19 bits per heavy atom. The first-order chi connectivity index (χ1) is 10.0. The molecule has 1 aliphatic heterocycles. The van der Waals surface area contributed by atoms with Crippen LogP contribution in [0.2, 0.25) is 0 Å². The highest BCUT2D eigenvalue weighted by Crippen LogP contribution is 2.34. The Hall–Kier alpha value is -1.88. The van der Waals surface area contributed by atoms with Gasteiger partial charge in [0.1, 0.15) is 0 Å². The maximum Gasteiger partial charge on any atom is 0.335 e. The molecule has 0 aromatic heterocycles. The molecular formula is C16H20N2O3. The van der Waals surface area contributed by atoms with Gasteiger partial charge in [0.05, 0.1) is 11.1 Å². The second-order valence-corrected chi connectivity index (χ2v) is 6.07. The second-order valence-electron chi connectivity index (χ2n) is 6.07. The molecule has 0 spiro atoms. The summed E-state index contributed by atoms with van der Waals surface area (Å²) >= 11 is 0.